The topological polar surface area (TPSA) is 106 Å². The zero-order chi connectivity index (χ0) is 40.7. The van der Waals surface area contributed by atoms with Gasteiger partial charge in [-0.15, -0.1) is 0 Å². The highest BCUT2D eigenvalue weighted by Crippen LogP contribution is 2.44. The Morgan fingerprint density at radius 2 is 1.48 bits per heavy atom. The summed E-state index contributed by atoms with van der Waals surface area (Å²) in [5, 5.41) is 17.0. The van der Waals surface area contributed by atoms with Gasteiger partial charge in [-0.2, -0.15) is 0 Å². The molecule has 56 heavy (non-hydrogen) atoms. The Labute approximate surface area is 333 Å². The SMILES string of the molecule is CC(C)(C)OC(=O)N[C@@H](Cc1ccccc1)[C@H](CCC(=O)N[C@H]1c2cccc(F)c2C[C@H]1O)C(O[Si](C)(C)C(C)(C)C)c1ccc(OCc2ccccc2)cc1. The van der Waals surface area contributed by atoms with Gasteiger partial charge in [0.2, 0.25) is 5.91 Å². The lowest BCUT2D eigenvalue weighted by Gasteiger charge is -2.43. The lowest BCUT2D eigenvalue weighted by atomic mass is 9.82. The first-order valence-electron chi connectivity index (χ1n) is 19.6. The molecule has 0 aliphatic heterocycles. The van der Waals surface area contributed by atoms with E-state index >= 15 is 0 Å². The van der Waals surface area contributed by atoms with Crippen LogP contribution < -0.4 is 15.4 Å². The number of carbonyl (C=O) groups is 2. The van der Waals surface area contributed by atoms with Gasteiger partial charge in [0.25, 0.3) is 0 Å². The molecule has 4 aromatic carbocycles. The van der Waals surface area contributed by atoms with Crippen molar-refractivity contribution < 1.29 is 33.0 Å². The number of hydrogen-bond acceptors (Lipinski definition) is 6. The van der Waals surface area contributed by atoms with Crippen LogP contribution in [0.3, 0.4) is 0 Å². The third-order valence-corrected chi connectivity index (χ3v) is 15.4. The van der Waals surface area contributed by atoms with Gasteiger partial charge in [-0.1, -0.05) is 106 Å². The molecule has 4 aromatic rings. The van der Waals surface area contributed by atoms with Gasteiger partial charge in [-0.3, -0.25) is 4.79 Å². The highest BCUT2D eigenvalue weighted by atomic mass is 28.4. The van der Waals surface area contributed by atoms with Crippen LogP contribution in [0.5, 0.6) is 5.75 Å². The molecule has 1 aliphatic rings. The van der Waals surface area contributed by atoms with Gasteiger partial charge in [0.05, 0.1) is 18.2 Å². The lowest BCUT2D eigenvalue weighted by Crippen LogP contribution is -2.49. The number of alkyl carbamates (subject to hydrolysis) is 1. The molecule has 0 spiro atoms. The Balaban J connectivity index is 1.52. The smallest absolute Gasteiger partial charge is 0.407 e. The molecule has 3 N–H and O–H groups in total. The summed E-state index contributed by atoms with van der Waals surface area (Å²) >= 11 is 0. The Bertz CT molecular complexity index is 1890. The van der Waals surface area contributed by atoms with Crippen molar-refractivity contribution in [3.8, 4) is 5.75 Å². The monoisotopic (exact) mass is 782 g/mol. The second-order valence-corrected chi connectivity index (χ2v) is 22.2. The summed E-state index contributed by atoms with van der Waals surface area (Å²) in [6, 6.07) is 31.3. The Morgan fingerprint density at radius 3 is 2.09 bits per heavy atom. The zero-order valence-corrected chi connectivity index (χ0v) is 35.1. The maximum atomic E-state index is 14.6. The number of hydrogen-bond donors (Lipinski definition) is 3. The summed E-state index contributed by atoms with van der Waals surface area (Å²) in [7, 11) is -2.49. The summed E-state index contributed by atoms with van der Waals surface area (Å²) in [4.78, 5) is 27.5. The van der Waals surface area contributed by atoms with Crippen LogP contribution in [0.2, 0.25) is 18.1 Å². The van der Waals surface area contributed by atoms with E-state index in [4.69, 9.17) is 13.9 Å². The quantitative estimate of drug-likeness (QED) is 0.104. The molecule has 0 bridgehead atoms. The average Bonchev–Trinajstić information content (AvgIpc) is 3.45. The molecule has 0 fully saturated rings. The molecule has 0 aromatic heterocycles. The third-order valence-electron chi connectivity index (χ3n) is 10.9. The molecule has 10 heteroatoms. The van der Waals surface area contributed by atoms with E-state index in [0.29, 0.717) is 36.3 Å². The van der Waals surface area contributed by atoms with Gasteiger partial charge < -0.3 is 29.6 Å². The minimum Gasteiger partial charge on any atom is -0.489 e. The average molecular weight is 783 g/mol. The molecule has 0 saturated carbocycles. The van der Waals surface area contributed by atoms with Gasteiger partial charge in [-0.05, 0) is 97.8 Å². The number of aliphatic hydroxyl groups is 1. The van der Waals surface area contributed by atoms with Gasteiger partial charge in [0, 0.05) is 24.8 Å². The van der Waals surface area contributed by atoms with Crippen LogP contribution in [0, 0.1) is 11.7 Å². The normalized spacial score (nSPS) is 17.3. The number of aliphatic hydroxyl groups excluding tert-OH is 1. The van der Waals surface area contributed by atoms with E-state index in [1.54, 1.807) is 12.1 Å². The van der Waals surface area contributed by atoms with E-state index in [0.717, 1.165) is 16.7 Å². The van der Waals surface area contributed by atoms with Crippen molar-refractivity contribution in [3.05, 3.63) is 137 Å². The molecule has 8 nitrogen and oxygen atoms in total. The van der Waals surface area contributed by atoms with Gasteiger partial charge in [0.15, 0.2) is 8.32 Å². The predicted octanol–water partition coefficient (Wildman–Crippen LogP) is 9.77. The maximum absolute atomic E-state index is 14.6. The number of nitrogens with one attached hydrogen (secondary N) is 2. The van der Waals surface area contributed by atoms with Crippen molar-refractivity contribution in [2.24, 2.45) is 5.92 Å². The Hall–Kier alpha value is -4.51. The zero-order valence-electron chi connectivity index (χ0n) is 34.1. The summed E-state index contributed by atoms with van der Waals surface area (Å²) in [5.41, 5.74) is 3.24. The van der Waals surface area contributed by atoms with Gasteiger partial charge >= 0.3 is 6.09 Å². The van der Waals surface area contributed by atoms with Crippen molar-refractivity contribution in [1.82, 2.24) is 10.6 Å². The van der Waals surface area contributed by atoms with Crippen molar-refractivity contribution in [2.75, 3.05) is 0 Å². The Morgan fingerprint density at radius 1 is 0.857 bits per heavy atom. The largest absolute Gasteiger partial charge is 0.489 e. The molecule has 2 amide bonds. The number of carbonyl (C=O) groups excluding carboxylic acids is 2. The second-order valence-electron chi connectivity index (χ2n) is 17.4. The number of amides is 2. The van der Waals surface area contributed by atoms with E-state index in [1.807, 2.05) is 106 Å². The molecular weight excluding hydrogens is 724 g/mol. The summed E-state index contributed by atoms with van der Waals surface area (Å²) in [5.74, 6) is -0.392. The first kappa shape index (κ1) is 42.6. The summed E-state index contributed by atoms with van der Waals surface area (Å²) < 4.78 is 33.9. The molecule has 1 aliphatic carbocycles. The van der Waals surface area contributed by atoms with Crippen molar-refractivity contribution >= 4 is 20.3 Å². The fourth-order valence-corrected chi connectivity index (χ4v) is 8.22. The van der Waals surface area contributed by atoms with E-state index in [2.05, 4.69) is 44.5 Å². The molecular formula is C46H59FN2O6Si. The number of benzene rings is 4. The molecule has 5 rings (SSSR count). The fraction of sp³-hybridized carbons (Fsp3) is 0.435. The number of fused-ring (bicyclic) bond motifs is 1. The first-order valence-corrected chi connectivity index (χ1v) is 22.5. The van der Waals surface area contributed by atoms with E-state index < -0.39 is 56.0 Å². The van der Waals surface area contributed by atoms with Crippen molar-refractivity contribution in [2.45, 2.75) is 122 Å². The van der Waals surface area contributed by atoms with Gasteiger partial charge in [0.1, 0.15) is 23.8 Å². The van der Waals surface area contributed by atoms with E-state index in [9.17, 15) is 19.1 Å². The number of rotatable bonds is 15. The van der Waals surface area contributed by atoms with Crippen LogP contribution >= 0.6 is 0 Å². The Kier molecular flexibility index (Phi) is 13.8. The van der Waals surface area contributed by atoms with Crippen LogP contribution in [-0.4, -0.2) is 43.2 Å². The molecule has 1 unspecified atom stereocenters. The molecule has 5 atom stereocenters. The maximum Gasteiger partial charge on any atom is 0.407 e. The summed E-state index contributed by atoms with van der Waals surface area (Å²) in [6.45, 7) is 16.9. The van der Waals surface area contributed by atoms with E-state index in [-0.39, 0.29) is 23.8 Å². The summed E-state index contributed by atoms with van der Waals surface area (Å²) in [6.07, 6.45) is -1.07. The minimum atomic E-state index is -2.49. The standard InChI is InChI=1S/C46H59FN2O6Si/c1-45(2,3)54-44(52)48-39(28-31-16-11-9-12-17-31)36(26-27-41(51)49-42-35-20-15-21-38(47)37(35)29-40(42)50)43(55-56(7,8)46(4,5)6)33-22-24-34(25-23-33)53-30-32-18-13-10-14-19-32/h9-25,36,39-40,42-43,50H,26-30H2,1-8H3,(H,48,52)(H,49,51)/t36-,39-,40+,42-,43?/m0/s1. The van der Waals surface area contributed by atoms with Crippen LogP contribution in [0.4, 0.5) is 9.18 Å². The van der Waals surface area contributed by atoms with Crippen LogP contribution in [-0.2, 0) is 33.4 Å². The predicted molar refractivity (Wildman–Crippen MR) is 221 cm³/mol. The fourth-order valence-electron chi connectivity index (χ4n) is 6.93. The van der Waals surface area contributed by atoms with Crippen LogP contribution in [0.15, 0.2) is 103 Å². The molecule has 300 valence electrons. The van der Waals surface area contributed by atoms with E-state index in [1.165, 1.54) is 6.07 Å². The molecule has 0 heterocycles. The second kappa shape index (κ2) is 18.2. The highest BCUT2D eigenvalue weighted by Gasteiger charge is 2.44. The molecule has 0 saturated heterocycles. The lowest BCUT2D eigenvalue weighted by molar-refractivity contribution is -0.123. The number of halogens is 1. The molecule has 0 radical (unpaired) electrons. The van der Waals surface area contributed by atoms with Crippen molar-refractivity contribution in [3.63, 3.8) is 0 Å². The van der Waals surface area contributed by atoms with Crippen LogP contribution in [0.25, 0.3) is 0 Å². The minimum absolute atomic E-state index is 0.0649. The van der Waals surface area contributed by atoms with Gasteiger partial charge in [-0.25, -0.2) is 9.18 Å². The van der Waals surface area contributed by atoms with Crippen LogP contribution in [0.1, 0.15) is 94.3 Å². The highest BCUT2D eigenvalue weighted by molar-refractivity contribution is 6.74. The number of ether oxygens (including phenoxy) is 2. The third kappa shape index (κ3) is 11.5. The first-order chi connectivity index (χ1) is 26.4. The van der Waals surface area contributed by atoms with Crippen molar-refractivity contribution in [1.29, 1.82) is 0 Å².